The summed E-state index contributed by atoms with van der Waals surface area (Å²) in [6.45, 7) is 1.91. The minimum atomic E-state index is -0.348. The number of ketones is 2. The van der Waals surface area contributed by atoms with Gasteiger partial charge in [-0.1, -0.05) is 0 Å². The van der Waals surface area contributed by atoms with E-state index in [1.807, 2.05) is 6.92 Å². The Bertz CT molecular complexity index is 638. The molecule has 0 radical (unpaired) electrons. The molecule has 5 rings (SSSR count). The summed E-state index contributed by atoms with van der Waals surface area (Å²) in [6, 6.07) is 5.31. The van der Waals surface area contributed by atoms with Crippen LogP contribution < -0.4 is 4.74 Å². The van der Waals surface area contributed by atoms with Crippen molar-refractivity contribution in [1.29, 1.82) is 0 Å². The van der Waals surface area contributed by atoms with Crippen molar-refractivity contribution < 1.29 is 14.3 Å². The molecule has 4 fully saturated rings. The maximum absolute atomic E-state index is 13.1. The number of hydrogen-bond acceptors (Lipinski definition) is 3. The van der Waals surface area contributed by atoms with Crippen molar-refractivity contribution in [3.8, 4) is 5.75 Å². The van der Waals surface area contributed by atoms with Crippen LogP contribution in [0.2, 0.25) is 0 Å². The summed E-state index contributed by atoms with van der Waals surface area (Å²) in [5, 5.41) is 0. The summed E-state index contributed by atoms with van der Waals surface area (Å²) in [7, 11) is 1.62. The molecule has 4 aliphatic rings. The van der Waals surface area contributed by atoms with E-state index in [1.165, 1.54) is 19.3 Å². The van der Waals surface area contributed by atoms with Crippen LogP contribution in [0.25, 0.3) is 0 Å². The van der Waals surface area contributed by atoms with Crippen molar-refractivity contribution in [3.05, 3.63) is 29.3 Å². The first-order valence-electron chi connectivity index (χ1n) is 8.74. The van der Waals surface area contributed by atoms with Crippen molar-refractivity contribution in [2.24, 2.45) is 23.2 Å². The Kier molecular flexibility index (Phi) is 3.36. The summed E-state index contributed by atoms with van der Waals surface area (Å²) in [6.07, 6.45) is 6.67. The lowest BCUT2D eigenvalue weighted by Gasteiger charge is -2.55. The largest absolute Gasteiger partial charge is 0.496 e. The van der Waals surface area contributed by atoms with Crippen LogP contribution in [0.4, 0.5) is 0 Å². The van der Waals surface area contributed by atoms with E-state index in [9.17, 15) is 9.59 Å². The first kappa shape index (κ1) is 14.9. The highest BCUT2D eigenvalue weighted by Crippen LogP contribution is 2.60. The van der Waals surface area contributed by atoms with Crippen molar-refractivity contribution in [1.82, 2.24) is 0 Å². The van der Waals surface area contributed by atoms with E-state index < -0.39 is 0 Å². The van der Waals surface area contributed by atoms with E-state index in [2.05, 4.69) is 0 Å². The molecule has 4 saturated carbocycles. The molecule has 0 N–H and O–H groups in total. The normalized spacial score (nSPS) is 34.4. The quantitative estimate of drug-likeness (QED) is 0.624. The van der Waals surface area contributed by atoms with Gasteiger partial charge >= 0.3 is 0 Å². The molecular weight excluding hydrogens is 288 g/mol. The van der Waals surface area contributed by atoms with Gasteiger partial charge in [-0.05, 0) is 87.0 Å². The van der Waals surface area contributed by atoms with Gasteiger partial charge in [-0.3, -0.25) is 9.59 Å². The maximum Gasteiger partial charge on any atom is 0.229 e. The van der Waals surface area contributed by atoms with Crippen molar-refractivity contribution in [3.63, 3.8) is 0 Å². The second kappa shape index (κ2) is 5.19. The number of carbonyl (C=O) groups is 2. The van der Waals surface area contributed by atoms with Gasteiger partial charge < -0.3 is 4.74 Å². The molecule has 0 atom stereocenters. The molecule has 0 unspecified atom stereocenters. The van der Waals surface area contributed by atoms with Crippen molar-refractivity contribution in [2.45, 2.75) is 45.4 Å². The van der Waals surface area contributed by atoms with Crippen LogP contribution in [0.1, 0.15) is 54.4 Å². The minimum Gasteiger partial charge on any atom is -0.496 e. The van der Waals surface area contributed by atoms with Crippen LogP contribution in [0.15, 0.2) is 18.2 Å². The van der Waals surface area contributed by atoms with Crippen molar-refractivity contribution >= 4 is 11.6 Å². The number of Topliss-reactive ketones (excluding diaryl/α,β-unsaturated/α-hetero) is 2. The first-order valence-corrected chi connectivity index (χ1v) is 8.74. The standard InChI is InChI=1S/C20H24O3/c1-12-5-16(3-4-17(12)23-2)18(21)19(22)20-9-13-6-14(10-20)8-15(7-13)11-20/h3-5,13-15H,6-11H2,1-2H3. The molecule has 4 aliphatic carbocycles. The van der Waals surface area contributed by atoms with E-state index in [1.54, 1.807) is 25.3 Å². The van der Waals surface area contributed by atoms with Gasteiger partial charge in [0.2, 0.25) is 11.6 Å². The van der Waals surface area contributed by atoms with E-state index >= 15 is 0 Å². The monoisotopic (exact) mass is 312 g/mol. The van der Waals surface area contributed by atoms with Crippen LogP contribution in [0.3, 0.4) is 0 Å². The fourth-order valence-corrected chi connectivity index (χ4v) is 5.78. The Morgan fingerprint density at radius 3 is 2.09 bits per heavy atom. The van der Waals surface area contributed by atoms with Crippen molar-refractivity contribution in [2.75, 3.05) is 7.11 Å². The fourth-order valence-electron chi connectivity index (χ4n) is 5.78. The van der Waals surface area contributed by atoms with Gasteiger partial charge in [0.1, 0.15) is 5.75 Å². The van der Waals surface area contributed by atoms with Gasteiger partial charge in [-0.25, -0.2) is 0 Å². The number of hydrogen-bond donors (Lipinski definition) is 0. The SMILES string of the molecule is COc1ccc(C(=O)C(=O)C23CC4CC(CC(C4)C2)C3)cc1C. The molecular formula is C20H24O3. The molecule has 4 bridgehead atoms. The topological polar surface area (TPSA) is 43.4 Å². The molecule has 1 aromatic carbocycles. The summed E-state index contributed by atoms with van der Waals surface area (Å²) in [5.41, 5.74) is 1.07. The summed E-state index contributed by atoms with van der Waals surface area (Å²) in [5.74, 6) is 2.37. The van der Waals surface area contributed by atoms with Gasteiger partial charge in [0.15, 0.2) is 0 Å². The molecule has 3 heteroatoms. The second-order valence-electron chi connectivity index (χ2n) is 8.04. The van der Waals surface area contributed by atoms with E-state index in [0.717, 1.165) is 30.6 Å². The average molecular weight is 312 g/mol. The third kappa shape index (κ3) is 2.32. The Morgan fingerprint density at radius 1 is 1.04 bits per heavy atom. The molecule has 3 nitrogen and oxygen atoms in total. The molecule has 1 aromatic rings. The zero-order valence-corrected chi connectivity index (χ0v) is 13.9. The number of methoxy groups -OCH3 is 1. The summed E-state index contributed by atoms with van der Waals surface area (Å²) < 4.78 is 5.24. The highest BCUT2D eigenvalue weighted by Gasteiger charge is 2.55. The van der Waals surface area contributed by atoms with Gasteiger partial charge in [0, 0.05) is 11.0 Å². The summed E-state index contributed by atoms with van der Waals surface area (Å²) >= 11 is 0. The lowest BCUT2D eigenvalue weighted by molar-refractivity contribution is -0.138. The molecule has 23 heavy (non-hydrogen) atoms. The lowest BCUT2D eigenvalue weighted by atomic mass is 9.48. The summed E-state index contributed by atoms with van der Waals surface area (Å²) in [4.78, 5) is 25.9. The lowest BCUT2D eigenvalue weighted by Crippen LogP contribution is -2.51. The number of aryl methyl sites for hydroxylation is 1. The van der Waals surface area contributed by atoms with Gasteiger partial charge in [-0.15, -0.1) is 0 Å². The zero-order valence-electron chi connectivity index (χ0n) is 13.9. The average Bonchev–Trinajstić information content (AvgIpc) is 2.52. The molecule has 122 valence electrons. The molecule has 0 aromatic heterocycles. The van der Waals surface area contributed by atoms with E-state index in [0.29, 0.717) is 23.3 Å². The molecule has 0 aliphatic heterocycles. The number of rotatable bonds is 4. The fraction of sp³-hybridized carbons (Fsp3) is 0.600. The van der Waals surface area contributed by atoms with Crippen LogP contribution in [0.5, 0.6) is 5.75 Å². The zero-order chi connectivity index (χ0) is 16.2. The van der Waals surface area contributed by atoms with Crippen LogP contribution >= 0.6 is 0 Å². The Balaban J connectivity index is 1.61. The minimum absolute atomic E-state index is 0.124. The number of ether oxygens (including phenoxy) is 1. The number of benzene rings is 1. The second-order valence-corrected chi connectivity index (χ2v) is 8.04. The third-order valence-electron chi connectivity index (χ3n) is 6.38. The predicted octanol–water partition coefficient (Wildman–Crippen LogP) is 3.97. The molecule has 0 spiro atoms. The molecule has 0 heterocycles. The van der Waals surface area contributed by atoms with Gasteiger partial charge in [0.05, 0.1) is 7.11 Å². The Labute approximate surface area is 137 Å². The predicted molar refractivity (Wildman–Crippen MR) is 87.7 cm³/mol. The Morgan fingerprint density at radius 2 is 1.61 bits per heavy atom. The van der Waals surface area contributed by atoms with Crippen LogP contribution in [-0.2, 0) is 4.79 Å². The molecule has 0 saturated heterocycles. The highest BCUT2D eigenvalue weighted by atomic mass is 16.5. The third-order valence-corrected chi connectivity index (χ3v) is 6.38. The van der Waals surface area contributed by atoms with Gasteiger partial charge in [-0.2, -0.15) is 0 Å². The highest BCUT2D eigenvalue weighted by molar-refractivity contribution is 6.45. The smallest absolute Gasteiger partial charge is 0.229 e. The Hall–Kier alpha value is -1.64. The maximum atomic E-state index is 13.1. The van der Waals surface area contributed by atoms with Crippen LogP contribution in [0, 0.1) is 30.1 Å². The number of carbonyl (C=O) groups excluding carboxylic acids is 2. The molecule has 0 amide bonds. The van der Waals surface area contributed by atoms with Crippen LogP contribution in [-0.4, -0.2) is 18.7 Å². The van der Waals surface area contributed by atoms with Gasteiger partial charge in [0.25, 0.3) is 0 Å². The van der Waals surface area contributed by atoms with E-state index in [4.69, 9.17) is 4.74 Å². The van der Waals surface area contributed by atoms with E-state index in [-0.39, 0.29) is 17.0 Å². The first-order chi connectivity index (χ1) is 11.0.